The lowest BCUT2D eigenvalue weighted by molar-refractivity contribution is 0.00586. The number of aromatic nitrogens is 2. The lowest BCUT2D eigenvalue weighted by atomic mass is 10.00. The van der Waals surface area contributed by atoms with Crippen molar-refractivity contribution in [3.8, 4) is 5.75 Å². The molecule has 186 valence electrons. The van der Waals surface area contributed by atoms with Gasteiger partial charge in [-0.1, -0.05) is 23.7 Å². The van der Waals surface area contributed by atoms with E-state index in [1.807, 2.05) is 6.07 Å². The first kappa shape index (κ1) is 23.9. The summed E-state index contributed by atoms with van der Waals surface area (Å²) in [7, 11) is 1.70. The van der Waals surface area contributed by atoms with Crippen LogP contribution >= 0.6 is 11.6 Å². The van der Waals surface area contributed by atoms with Gasteiger partial charge in [0.1, 0.15) is 11.6 Å². The van der Waals surface area contributed by atoms with Crippen molar-refractivity contribution >= 4 is 34.2 Å². The van der Waals surface area contributed by atoms with Gasteiger partial charge in [0.15, 0.2) is 0 Å². The molecule has 0 saturated carbocycles. The number of piperidine rings is 1. The van der Waals surface area contributed by atoms with E-state index >= 15 is 0 Å². The average molecular weight is 498 g/mol. The number of nitrogen functional groups attached to an aromatic ring is 1. The number of halogens is 1. The van der Waals surface area contributed by atoms with Crippen LogP contribution in [0.3, 0.4) is 0 Å². The van der Waals surface area contributed by atoms with Crippen molar-refractivity contribution in [2.45, 2.75) is 44.9 Å². The molecule has 0 bridgehead atoms. The van der Waals surface area contributed by atoms with Gasteiger partial charge in [-0.25, -0.2) is 4.98 Å². The lowest BCUT2D eigenvalue weighted by Gasteiger charge is -2.38. The Morgan fingerprint density at radius 2 is 2.17 bits per heavy atom. The smallest absolute Gasteiger partial charge is 0.255 e. The molecule has 8 nitrogen and oxygen atoms in total. The third-order valence-electron chi connectivity index (χ3n) is 7.18. The molecule has 1 fully saturated rings. The molecule has 1 amide bonds. The number of anilines is 1. The van der Waals surface area contributed by atoms with E-state index in [9.17, 15) is 4.79 Å². The highest BCUT2D eigenvalue weighted by atomic mass is 35.5. The van der Waals surface area contributed by atoms with Crippen LogP contribution in [0.25, 0.3) is 11.0 Å². The lowest BCUT2D eigenvalue weighted by Crippen LogP contribution is -2.55. The number of nitrogens with one attached hydrogen (secondary N) is 1. The van der Waals surface area contributed by atoms with Crippen molar-refractivity contribution in [2.24, 2.45) is 0 Å². The normalized spacial score (nSPS) is 20.1. The topological polar surface area (TPSA) is 94.6 Å². The molecule has 2 unspecified atom stereocenters. The fourth-order valence-electron chi connectivity index (χ4n) is 5.30. The van der Waals surface area contributed by atoms with Crippen molar-refractivity contribution in [1.29, 1.82) is 0 Å². The molecule has 0 radical (unpaired) electrons. The third kappa shape index (κ3) is 4.70. The van der Waals surface area contributed by atoms with E-state index in [0.29, 0.717) is 35.1 Å². The molecular formula is C26H32ClN5O3. The zero-order valence-corrected chi connectivity index (χ0v) is 21.0. The summed E-state index contributed by atoms with van der Waals surface area (Å²) in [6.45, 7) is 6.11. The van der Waals surface area contributed by atoms with E-state index in [1.165, 1.54) is 5.52 Å². The summed E-state index contributed by atoms with van der Waals surface area (Å²) in [5.74, 6) is 1.40. The maximum Gasteiger partial charge on any atom is 0.255 e. The van der Waals surface area contributed by atoms with E-state index in [1.54, 1.807) is 13.2 Å². The number of ether oxygens (including phenoxy) is 2. The second-order valence-electron chi connectivity index (χ2n) is 9.32. The van der Waals surface area contributed by atoms with Crippen molar-refractivity contribution in [2.75, 3.05) is 39.1 Å². The molecular weight excluding hydrogens is 466 g/mol. The van der Waals surface area contributed by atoms with Crippen LogP contribution in [0.2, 0.25) is 5.02 Å². The number of amides is 1. The van der Waals surface area contributed by atoms with Gasteiger partial charge in [-0.3, -0.25) is 4.79 Å². The van der Waals surface area contributed by atoms with Crippen LogP contribution in [0.15, 0.2) is 30.3 Å². The molecule has 0 spiro atoms. The second kappa shape index (κ2) is 10.0. The first-order chi connectivity index (χ1) is 17.0. The molecule has 9 heteroatoms. The van der Waals surface area contributed by atoms with E-state index in [0.717, 1.165) is 55.9 Å². The predicted octanol–water partition coefficient (Wildman–Crippen LogP) is 3.42. The maximum absolute atomic E-state index is 13.2. The Morgan fingerprint density at radius 3 is 3.00 bits per heavy atom. The highest BCUT2D eigenvalue weighted by Gasteiger charge is 2.32. The SMILES string of the molecule is COC1CN(CCCn2c(C)nc3ccccc32)CCC1NC(=O)c1cc(Cl)c(N)c2c1OCC2. The number of nitrogens with zero attached hydrogens (tertiary/aromatic N) is 3. The fourth-order valence-corrected chi connectivity index (χ4v) is 5.52. The summed E-state index contributed by atoms with van der Waals surface area (Å²) < 4.78 is 13.8. The summed E-state index contributed by atoms with van der Waals surface area (Å²) >= 11 is 6.29. The number of imidazole rings is 1. The Balaban J connectivity index is 1.18. The summed E-state index contributed by atoms with van der Waals surface area (Å²) in [5.41, 5.74) is 10.1. The largest absolute Gasteiger partial charge is 0.492 e. The number of nitrogens with two attached hydrogens (primary N) is 1. The van der Waals surface area contributed by atoms with Crippen LogP contribution in [0.4, 0.5) is 5.69 Å². The molecule has 5 rings (SSSR count). The predicted molar refractivity (Wildman–Crippen MR) is 137 cm³/mol. The average Bonchev–Trinajstić information content (AvgIpc) is 3.47. The molecule has 3 heterocycles. The zero-order chi connectivity index (χ0) is 24.5. The first-order valence-corrected chi connectivity index (χ1v) is 12.6. The van der Waals surface area contributed by atoms with Gasteiger partial charge in [0.05, 0.1) is 46.1 Å². The first-order valence-electron chi connectivity index (χ1n) is 12.2. The van der Waals surface area contributed by atoms with Crippen molar-refractivity contribution in [3.05, 3.63) is 52.3 Å². The number of likely N-dealkylation sites (tertiary alicyclic amines) is 1. The molecule has 2 atom stereocenters. The van der Waals surface area contributed by atoms with Gasteiger partial charge < -0.3 is 30.0 Å². The van der Waals surface area contributed by atoms with E-state index in [-0.39, 0.29) is 18.1 Å². The molecule has 35 heavy (non-hydrogen) atoms. The van der Waals surface area contributed by atoms with Crippen molar-refractivity contribution in [3.63, 3.8) is 0 Å². The number of para-hydroxylation sites is 2. The van der Waals surface area contributed by atoms with Gasteiger partial charge in [0.2, 0.25) is 0 Å². The number of benzene rings is 2. The van der Waals surface area contributed by atoms with Gasteiger partial charge in [-0.15, -0.1) is 0 Å². The summed E-state index contributed by atoms with van der Waals surface area (Å²) in [5, 5.41) is 3.54. The van der Waals surface area contributed by atoms with Crippen LogP contribution in [0, 0.1) is 6.92 Å². The number of rotatable bonds is 7. The van der Waals surface area contributed by atoms with E-state index < -0.39 is 0 Å². The van der Waals surface area contributed by atoms with Crippen molar-refractivity contribution in [1.82, 2.24) is 19.8 Å². The fraction of sp³-hybridized carbons (Fsp3) is 0.462. The summed E-state index contributed by atoms with van der Waals surface area (Å²) in [6, 6.07) is 9.78. The quantitative estimate of drug-likeness (QED) is 0.486. The molecule has 3 aromatic rings. The number of hydrogen-bond donors (Lipinski definition) is 2. The van der Waals surface area contributed by atoms with Crippen LogP contribution < -0.4 is 15.8 Å². The maximum atomic E-state index is 13.2. The minimum absolute atomic E-state index is 0.0861. The Morgan fingerprint density at radius 1 is 1.34 bits per heavy atom. The molecule has 0 aliphatic carbocycles. The monoisotopic (exact) mass is 497 g/mol. The number of methoxy groups -OCH3 is 1. The number of aryl methyl sites for hydroxylation is 2. The minimum Gasteiger partial charge on any atom is -0.492 e. The summed E-state index contributed by atoms with van der Waals surface area (Å²) in [4.78, 5) is 20.2. The Hall–Kier alpha value is -2.81. The second-order valence-corrected chi connectivity index (χ2v) is 9.73. The minimum atomic E-state index is -0.201. The zero-order valence-electron chi connectivity index (χ0n) is 20.2. The molecule has 1 saturated heterocycles. The van der Waals surface area contributed by atoms with Gasteiger partial charge in [-0.2, -0.15) is 0 Å². The van der Waals surface area contributed by atoms with E-state index in [2.05, 4.69) is 44.9 Å². The number of fused-ring (bicyclic) bond motifs is 2. The molecule has 3 N–H and O–H groups in total. The molecule has 2 aliphatic heterocycles. The number of hydrogen-bond acceptors (Lipinski definition) is 6. The van der Waals surface area contributed by atoms with Gasteiger partial charge >= 0.3 is 0 Å². The standard InChI is InChI=1S/C26H32ClN5O3/c1-16-29-20-6-3-4-7-22(20)32(16)11-5-10-31-12-8-21(23(15-31)34-2)30-26(33)18-14-19(27)24(28)17-9-13-35-25(17)18/h3-4,6-7,14,21,23H,5,8-13,15,28H2,1-2H3,(H,30,33). The third-order valence-corrected chi connectivity index (χ3v) is 7.49. The summed E-state index contributed by atoms with van der Waals surface area (Å²) in [6.07, 6.45) is 2.39. The highest BCUT2D eigenvalue weighted by molar-refractivity contribution is 6.33. The highest BCUT2D eigenvalue weighted by Crippen LogP contribution is 2.38. The van der Waals surface area contributed by atoms with Crippen LogP contribution in [-0.4, -0.2) is 65.9 Å². The Kier molecular flexibility index (Phi) is 6.86. The van der Waals surface area contributed by atoms with Crippen LogP contribution in [0.5, 0.6) is 5.75 Å². The molecule has 1 aromatic heterocycles. The Labute approximate surface area is 210 Å². The Bertz CT molecular complexity index is 1240. The molecule has 2 aliphatic rings. The van der Waals surface area contributed by atoms with Gasteiger partial charge in [-0.05, 0) is 44.5 Å². The van der Waals surface area contributed by atoms with Crippen molar-refractivity contribution < 1.29 is 14.3 Å². The van der Waals surface area contributed by atoms with Gasteiger partial charge in [0, 0.05) is 38.7 Å². The van der Waals surface area contributed by atoms with Crippen LogP contribution in [0.1, 0.15) is 34.6 Å². The number of carbonyl (C=O) groups is 1. The van der Waals surface area contributed by atoms with E-state index in [4.69, 9.17) is 26.8 Å². The number of carbonyl (C=O) groups excluding carboxylic acids is 1. The molecule has 2 aromatic carbocycles. The van der Waals surface area contributed by atoms with Gasteiger partial charge in [0.25, 0.3) is 5.91 Å². The van der Waals surface area contributed by atoms with Crippen LogP contribution in [-0.2, 0) is 17.7 Å².